The molecule has 2 nitrogen and oxygen atoms in total. The Morgan fingerprint density at radius 1 is 1.32 bits per heavy atom. The summed E-state index contributed by atoms with van der Waals surface area (Å²) in [6, 6.07) is 5.11. The number of nitrogens with zero attached hydrogens (tertiary/aromatic N) is 1. The van der Waals surface area contributed by atoms with Gasteiger partial charge in [-0.15, -0.1) is 0 Å². The molecule has 0 spiro atoms. The van der Waals surface area contributed by atoms with Gasteiger partial charge in [0, 0.05) is 19.1 Å². The maximum atomic E-state index is 13.4. The predicted octanol–water partition coefficient (Wildman–Crippen LogP) is 3.86. The molecule has 0 radical (unpaired) electrons. The van der Waals surface area contributed by atoms with Gasteiger partial charge in [0.1, 0.15) is 5.82 Å². The quantitative estimate of drug-likeness (QED) is 0.781. The van der Waals surface area contributed by atoms with Gasteiger partial charge in [-0.2, -0.15) is 0 Å². The maximum absolute atomic E-state index is 13.4. The highest BCUT2D eigenvalue weighted by Crippen LogP contribution is 2.19. The first-order chi connectivity index (χ1) is 9.08. The molecule has 0 heterocycles. The minimum absolute atomic E-state index is 0.132. The van der Waals surface area contributed by atoms with Crippen LogP contribution in [0, 0.1) is 5.82 Å². The Morgan fingerprint density at radius 3 is 2.63 bits per heavy atom. The summed E-state index contributed by atoms with van der Waals surface area (Å²) in [7, 11) is 0. The van der Waals surface area contributed by atoms with Crippen LogP contribution in [-0.4, -0.2) is 31.1 Å². The van der Waals surface area contributed by atoms with Gasteiger partial charge in [-0.3, -0.25) is 0 Å². The molecule has 1 rings (SSSR count). The molecule has 0 bridgehead atoms. The van der Waals surface area contributed by atoms with Crippen LogP contribution < -0.4 is 5.32 Å². The van der Waals surface area contributed by atoms with E-state index in [1.807, 2.05) is 13.0 Å². The smallest absolute Gasteiger partial charge is 0.142 e. The Bertz CT molecular complexity index is 384. The highest BCUT2D eigenvalue weighted by Gasteiger charge is 2.08. The third-order valence-corrected chi connectivity index (χ3v) is 3.62. The molecule has 0 aliphatic heterocycles. The van der Waals surface area contributed by atoms with E-state index in [1.54, 1.807) is 6.07 Å². The lowest BCUT2D eigenvalue weighted by Crippen LogP contribution is -2.33. The average molecular weight is 287 g/mol. The van der Waals surface area contributed by atoms with E-state index in [2.05, 4.69) is 24.1 Å². The summed E-state index contributed by atoms with van der Waals surface area (Å²) in [6.45, 7) is 10.5. The van der Waals surface area contributed by atoms with Crippen LogP contribution in [0.4, 0.5) is 4.39 Å². The van der Waals surface area contributed by atoms with Crippen molar-refractivity contribution in [3.05, 3.63) is 34.6 Å². The molecule has 1 atom stereocenters. The molecule has 1 N–H and O–H groups in total. The molecule has 1 aromatic carbocycles. The second kappa shape index (κ2) is 8.51. The van der Waals surface area contributed by atoms with E-state index >= 15 is 0 Å². The second-order valence-electron chi connectivity index (χ2n) is 4.78. The monoisotopic (exact) mass is 286 g/mol. The van der Waals surface area contributed by atoms with Crippen molar-refractivity contribution in [3.8, 4) is 0 Å². The standard InChI is InChI=1S/C15H24ClFN2/c1-4-9-19(5-2)10-8-18-12(3)13-6-7-14(16)15(17)11-13/h6-7,11-12,18H,4-5,8-10H2,1-3H3. The molecule has 0 saturated carbocycles. The normalized spacial score (nSPS) is 12.9. The van der Waals surface area contributed by atoms with Gasteiger partial charge < -0.3 is 10.2 Å². The third kappa shape index (κ3) is 5.47. The summed E-state index contributed by atoms with van der Waals surface area (Å²) in [5.41, 5.74) is 0.931. The maximum Gasteiger partial charge on any atom is 0.142 e. The van der Waals surface area contributed by atoms with Crippen molar-refractivity contribution < 1.29 is 4.39 Å². The van der Waals surface area contributed by atoms with Gasteiger partial charge >= 0.3 is 0 Å². The average Bonchev–Trinajstić information content (AvgIpc) is 2.40. The van der Waals surface area contributed by atoms with Crippen LogP contribution in [0.25, 0.3) is 0 Å². The molecular formula is C15H24ClFN2. The number of rotatable bonds is 8. The number of likely N-dealkylation sites (N-methyl/N-ethyl adjacent to an activating group) is 1. The lowest BCUT2D eigenvalue weighted by Gasteiger charge is -2.21. The third-order valence-electron chi connectivity index (χ3n) is 3.31. The van der Waals surface area contributed by atoms with E-state index in [-0.39, 0.29) is 16.9 Å². The fraction of sp³-hybridized carbons (Fsp3) is 0.600. The van der Waals surface area contributed by atoms with E-state index in [1.165, 1.54) is 12.5 Å². The first kappa shape index (κ1) is 16.4. The summed E-state index contributed by atoms with van der Waals surface area (Å²) in [6.07, 6.45) is 1.17. The van der Waals surface area contributed by atoms with Crippen LogP contribution in [0.5, 0.6) is 0 Å². The van der Waals surface area contributed by atoms with Crippen LogP contribution in [0.15, 0.2) is 18.2 Å². The van der Waals surface area contributed by atoms with Gasteiger partial charge in [0.15, 0.2) is 0 Å². The zero-order chi connectivity index (χ0) is 14.3. The van der Waals surface area contributed by atoms with Gasteiger partial charge in [-0.05, 0) is 44.1 Å². The van der Waals surface area contributed by atoms with Crippen molar-refractivity contribution in [1.29, 1.82) is 0 Å². The van der Waals surface area contributed by atoms with Gasteiger partial charge in [0.25, 0.3) is 0 Å². The van der Waals surface area contributed by atoms with Crippen molar-refractivity contribution in [2.45, 2.75) is 33.2 Å². The van der Waals surface area contributed by atoms with Crippen LogP contribution in [0.1, 0.15) is 38.8 Å². The molecule has 0 amide bonds. The van der Waals surface area contributed by atoms with E-state index in [9.17, 15) is 4.39 Å². The largest absolute Gasteiger partial charge is 0.309 e. The van der Waals surface area contributed by atoms with Crippen molar-refractivity contribution in [2.24, 2.45) is 0 Å². The first-order valence-electron chi connectivity index (χ1n) is 6.99. The van der Waals surface area contributed by atoms with Gasteiger partial charge in [0.2, 0.25) is 0 Å². The molecule has 1 unspecified atom stereocenters. The lowest BCUT2D eigenvalue weighted by atomic mass is 10.1. The number of halogens is 2. The molecular weight excluding hydrogens is 263 g/mol. The summed E-state index contributed by atoms with van der Waals surface area (Å²) < 4.78 is 13.4. The van der Waals surface area contributed by atoms with Crippen LogP contribution in [0.3, 0.4) is 0 Å². The number of hydrogen-bond acceptors (Lipinski definition) is 2. The summed E-state index contributed by atoms with van der Waals surface area (Å²) in [5, 5.41) is 3.59. The zero-order valence-electron chi connectivity index (χ0n) is 12.0. The van der Waals surface area contributed by atoms with Crippen molar-refractivity contribution in [1.82, 2.24) is 10.2 Å². The molecule has 0 aliphatic rings. The SMILES string of the molecule is CCCN(CC)CCNC(C)c1ccc(Cl)c(F)c1. The van der Waals surface area contributed by atoms with Crippen molar-refractivity contribution >= 4 is 11.6 Å². The molecule has 0 aromatic heterocycles. The molecule has 0 fully saturated rings. The molecule has 108 valence electrons. The molecule has 4 heteroatoms. The molecule has 0 saturated heterocycles. The van der Waals surface area contributed by atoms with Gasteiger partial charge in [-0.1, -0.05) is 31.5 Å². The van der Waals surface area contributed by atoms with Gasteiger partial charge in [-0.25, -0.2) is 4.39 Å². The minimum atomic E-state index is -0.353. The lowest BCUT2D eigenvalue weighted by molar-refractivity contribution is 0.284. The Balaban J connectivity index is 2.42. The molecule has 1 aromatic rings. The van der Waals surface area contributed by atoms with E-state index < -0.39 is 0 Å². The second-order valence-corrected chi connectivity index (χ2v) is 5.19. The summed E-state index contributed by atoms with van der Waals surface area (Å²) >= 11 is 5.68. The van der Waals surface area contributed by atoms with Gasteiger partial charge in [0.05, 0.1) is 5.02 Å². The minimum Gasteiger partial charge on any atom is -0.309 e. The van der Waals surface area contributed by atoms with Crippen LogP contribution in [0.2, 0.25) is 5.02 Å². The Hall–Kier alpha value is -0.640. The first-order valence-corrected chi connectivity index (χ1v) is 7.37. The van der Waals surface area contributed by atoms with Crippen molar-refractivity contribution in [3.63, 3.8) is 0 Å². The fourth-order valence-electron chi connectivity index (χ4n) is 2.08. The fourth-order valence-corrected chi connectivity index (χ4v) is 2.20. The van der Waals surface area contributed by atoms with Crippen molar-refractivity contribution in [2.75, 3.05) is 26.2 Å². The predicted molar refractivity (Wildman–Crippen MR) is 80.2 cm³/mol. The molecule has 19 heavy (non-hydrogen) atoms. The number of benzene rings is 1. The summed E-state index contributed by atoms with van der Waals surface area (Å²) in [5.74, 6) is -0.353. The Labute approximate surface area is 120 Å². The zero-order valence-corrected chi connectivity index (χ0v) is 12.8. The van der Waals surface area contributed by atoms with E-state index in [0.29, 0.717) is 0 Å². The molecule has 0 aliphatic carbocycles. The Kier molecular flexibility index (Phi) is 7.36. The van der Waals surface area contributed by atoms with E-state index in [0.717, 1.165) is 31.7 Å². The Morgan fingerprint density at radius 2 is 2.05 bits per heavy atom. The summed E-state index contributed by atoms with van der Waals surface area (Å²) in [4.78, 5) is 2.40. The topological polar surface area (TPSA) is 15.3 Å². The number of hydrogen-bond donors (Lipinski definition) is 1. The van der Waals surface area contributed by atoms with Crippen LogP contribution in [-0.2, 0) is 0 Å². The number of nitrogens with one attached hydrogen (secondary N) is 1. The van der Waals surface area contributed by atoms with E-state index in [4.69, 9.17) is 11.6 Å². The van der Waals surface area contributed by atoms with Crippen LogP contribution >= 0.6 is 11.6 Å². The highest BCUT2D eigenvalue weighted by molar-refractivity contribution is 6.30. The highest BCUT2D eigenvalue weighted by atomic mass is 35.5.